The second-order valence-corrected chi connectivity index (χ2v) is 6.12. The third-order valence-corrected chi connectivity index (χ3v) is 3.46. The number of hydrogen-bond donors (Lipinski definition) is 0. The van der Waals surface area contributed by atoms with E-state index in [2.05, 4.69) is 13.8 Å². The molecule has 0 radical (unpaired) electrons. The predicted octanol–water partition coefficient (Wildman–Crippen LogP) is -0.582. The van der Waals surface area contributed by atoms with Crippen LogP contribution >= 0.6 is 0 Å². The second-order valence-electron chi connectivity index (χ2n) is 6.12. The molecule has 0 N–H and O–H groups in total. The minimum absolute atomic E-state index is 0. The first-order valence-electron chi connectivity index (χ1n) is 9.67. The molecule has 0 spiro atoms. The van der Waals surface area contributed by atoms with Crippen molar-refractivity contribution < 1.29 is 81.4 Å². The van der Waals surface area contributed by atoms with E-state index in [1.165, 1.54) is 0 Å². The summed E-state index contributed by atoms with van der Waals surface area (Å²) in [4.78, 5) is 38.4. The molecule has 168 valence electrons. The van der Waals surface area contributed by atoms with Gasteiger partial charge in [-0.1, -0.05) is 53.4 Å². The molecule has 0 heterocycles. The number of hydrogen-bond acceptors (Lipinski definition) is 8. The van der Waals surface area contributed by atoms with Crippen molar-refractivity contribution in [2.45, 2.75) is 92.9 Å². The topological polar surface area (TPSA) is 161 Å². The summed E-state index contributed by atoms with van der Waals surface area (Å²) in [6.45, 7) is 9.83. The van der Waals surface area contributed by atoms with Gasteiger partial charge in [0.25, 0.3) is 0 Å². The third-order valence-electron chi connectivity index (χ3n) is 3.46. The number of carbonyl (C=O) groups is 4. The van der Waals surface area contributed by atoms with Crippen molar-refractivity contribution in [1.82, 2.24) is 0 Å². The Morgan fingerprint density at radius 1 is 0.621 bits per heavy atom. The molecular formula is C20H36CeO8. The van der Waals surface area contributed by atoms with E-state index in [0.717, 1.165) is 52.4 Å². The molecule has 0 aromatic carbocycles. The Morgan fingerprint density at radius 3 is 0.931 bits per heavy atom. The van der Waals surface area contributed by atoms with Gasteiger partial charge < -0.3 is 39.6 Å². The smallest absolute Gasteiger partial charge is 0.550 e. The molecule has 0 bridgehead atoms. The van der Waals surface area contributed by atoms with Crippen molar-refractivity contribution >= 4 is 23.9 Å². The molecule has 0 aliphatic rings. The average molecular weight is 545 g/mol. The van der Waals surface area contributed by atoms with E-state index in [1.807, 2.05) is 13.8 Å². The number of carboxylic acid groups (broad SMARTS) is 4. The predicted molar refractivity (Wildman–Crippen MR) is 98.0 cm³/mol. The second kappa shape index (κ2) is 29.5. The molecule has 0 aliphatic heterocycles. The van der Waals surface area contributed by atoms with E-state index in [-0.39, 0.29) is 53.6 Å². The van der Waals surface area contributed by atoms with Gasteiger partial charge in [-0.15, -0.1) is 0 Å². The molecule has 2 unspecified atom stereocenters. The maximum atomic E-state index is 10.3. The van der Waals surface area contributed by atoms with E-state index >= 15 is 0 Å². The summed E-state index contributed by atoms with van der Waals surface area (Å²) in [7, 11) is 0. The van der Waals surface area contributed by atoms with Crippen LogP contribution in [0.15, 0.2) is 0 Å². The largest absolute Gasteiger partial charge is 4.00 e. The number of unbranched alkanes of at least 4 members (excludes halogenated alkanes) is 2. The van der Waals surface area contributed by atoms with Gasteiger partial charge in [-0.3, -0.25) is 0 Å². The summed E-state index contributed by atoms with van der Waals surface area (Å²) < 4.78 is 0. The summed E-state index contributed by atoms with van der Waals surface area (Å²) >= 11 is 0. The molecule has 0 aromatic rings. The minimum atomic E-state index is -1.08. The molecule has 29 heavy (non-hydrogen) atoms. The molecular weight excluding hydrogens is 508 g/mol. The SMILES string of the molecule is CC(=O)[O-].CC(=O)[O-].CCCCC(CC)C(=O)[O-].CCCCC(CC)C(=O)[O-].[Ce+4]. The standard InChI is InChI=1S/2C8H16O2.2C2H4O2.Ce/c2*1-3-5-6-7(4-2)8(9)10;2*1-2(3)4;/h2*7H,3-6H2,1-2H3,(H,9,10);2*1H3,(H,3,4);/q;;;;+4/p-4. The van der Waals surface area contributed by atoms with Gasteiger partial charge in [-0.2, -0.15) is 0 Å². The maximum absolute atomic E-state index is 10.3. The van der Waals surface area contributed by atoms with Gasteiger partial charge in [0, 0.05) is 23.9 Å². The van der Waals surface area contributed by atoms with Crippen molar-refractivity contribution in [3.8, 4) is 0 Å². The van der Waals surface area contributed by atoms with Gasteiger partial charge in [-0.25, -0.2) is 0 Å². The number of rotatable bonds is 10. The van der Waals surface area contributed by atoms with Crippen LogP contribution in [0, 0.1) is 53.6 Å². The van der Waals surface area contributed by atoms with Gasteiger partial charge in [0.15, 0.2) is 0 Å². The normalized spacial score (nSPS) is 10.7. The molecule has 0 rings (SSSR count). The molecule has 0 fully saturated rings. The monoisotopic (exact) mass is 544 g/mol. The Morgan fingerprint density at radius 2 is 0.828 bits per heavy atom. The van der Waals surface area contributed by atoms with Crippen molar-refractivity contribution in [2.24, 2.45) is 11.8 Å². The molecule has 0 saturated carbocycles. The Balaban J connectivity index is -0.0000000950. The Kier molecular flexibility index (Phi) is 39.4. The summed E-state index contributed by atoms with van der Waals surface area (Å²) in [6.07, 6.45) is 7.04. The van der Waals surface area contributed by atoms with E-state index in [0.29, 0.717) is 12.8 Å². The van der Waals surface area contributed by atoms with Gasteiger partial charge in [0.2, 0.25) is 0 Å². The molecule has 8 nitrogen and oxygen atoms in total. The fourth-order valence-corrected chi connectivity index (χ4v) is 1.88. The Hall–Kier alpha value is -0.743. The zero-order valence-electron chi connectivity index (χ0n) is 18.6. The first kappa shape index (κ1) is 38.8. The molecule has 2 atom stereocenters. The summed E-state index contributed by atoms with van der Waals surface area (Å²) in [5, 5.41) is 38.4. The van der Waals surface area contributed by atoms with Crippen LogP contribution < -0.4 is 20.4 Å². The fraction of sp³-hybridized carbons (Fsp3) is 0.800. The molecule has 0 saturated heterocycles. The zero-order valence-corrected chi connectivity index (χ0v) is 21.7. The van der Waals surface area contributed by atoms with Crippen LogP contribution in [0.1, 0.15) is 92.9 Å². The zero-order chi connectivity index (χ0) is 23.1. The van der Waals surface area contributed by atoms with Crippen LogP contribution in [0.4, 0.5) is 0 Å². The van der Waals surface area contributed by atoms with Crippen LogP contribution in [0.3, 0.4) is 0 Å². The summed E-state index contributed by atoms with van der Waals surface area (Å²) in [5.41, 5.74) is 0. The summed E-state index contributed by atoms with van der Waals surface area (Å²) in [5.74, 6) is -4.40. The number of carbonyl (C=O) groups excluding carboxylic acids is 4. The summed E-state index contributed by atoms with van der Waals surface area (Å²) in [6, 6.07) is 0. The van der Waals surface area contributed by atoms with Crippen LogP contribution in [-0.4, -0.2) is 23.9 Å². The van der Waals surface area contributed by atoms with Crippen LogP contribution in [-0.2, 0) is 19.2 Å². The number of aliphatic carboxylic acids is 4. The van der Waals surface area contributed by atoms with Crippen molar-refractivity contribution in [1.29, 1.82) is 0 Å². The van der Waals surface area contributed by atoms with Crippen molar-refractivity contribution in [3.05, 3.63) is 0 Å². The Bertz CT molecular complexity index is 367. The third kappa shape index (κ3) is 46.9. The van der Waals surface area contributed by atoms with Crippen LogP contribution in [0.25, 0.3) is 0 Å². The minimum Gasteiger partial charge on any atom is -0.550 e. The van der Waals surface area contributed by atoms with Crippen molar-refractivity contribution in [2.75, 3.05) is 0 Å². The first-order chi connectivity index (χ1) is 12.9. The van der Waals surface area contributed by atoms with Gasteiger partial charge in [0.1, 0.15) is 0 Å². The molecule has 0 amide bonds. The van der Waals surface area contributed by atoms with E-state index in [4.69, 9.17) is 19.8 Å². The first-order valence-corrected chi connectivity index (χ1v) is 9.67. The van der Waals surface area contributed by atoms with E-state index < -0.39 is 23.9 Å². The van der Waals surface area contributed by atoms with Gasteiger partial charge in [-0.05, 0) is 51.4 Å². The fourth-order valence-electron chi connectivity index (χ4n) is 1.88. The average Bonchev–Trinajstić information content (AvgIpc) is 2.55. The van der Waals surface area contributed by atoms with E-state index in [1.54, 1.807) is 0 Å². The van der Waals surface area contributed by atoms with Crippen LogP contribution in [0.5, 0.6) is 0 Å². The van der Waals surface area contributed by atoms with Crippen molar-refractivity contribution in [3.63, 3.8) is 0 Å². The molecule has 0 aliphatic carbocycles. The van der Waals surface area contributed by atoms with Crippen LogP contribution in [0.2, 0.25) is 0 Å². The Labute approximate surface area is 208 Å². The maximum Gasteiger partial charge on any atom is 4.00 e. The number of carboxylic acids is 4. The van der Waals surface area contributed by atoms with E-state index in [9.17, 15) is 19.8 Å². The van der Waals surface area contributed by atoms with Gasteiger partial charge in [0.05, 0.1) is 0 Å². The quantitative estimate of drug-likeness (QED) is 0.353. The molecule has 9 heteroatoms. The van der Waals surface area contributed by atoms with Gasteiger partial charge >= 0.3 is 41.7 Å². The molecule has 0 aromatic heterocycles.